The molecule has 3 aromatic carbocycles. The van der Waals surface area contributed by atoms with Crippen molar-refractivity contribution < 1.29 is 9.53 Å². The Hall–Kier alpha value is -3.21. The standard InChI is InChI=1S/C35H46N2O2/c1-27-15-9-11-17-31(27)28-20-22-34(39-24-14-8-13-23-37(7)35(2,3)4)29(25-28)19-21-33(38)32-18-12-10-16-30(32)26-36(5)6/h9-12,15-22,25H,8,13-14,23-24,26H2,1-7H3. The van der Waals surface area contributed by atoms with E-state index in [1.807, 2.05) is 50.5 Å². The van der Waals surface area contributed by atoms with Crippen LogP contribution in [0.3, 0.4) is 0 Å². The van der Waals surface area contributed by atoms with Gasteiger partial charge >= 0.3 is 0 Å². The predicted octanol–water partition coefficient (Wildman–Crippen LogP) is 7.90. The van der Waals surface area contributed by atoms with Gasteiger partial charge in [0.25, 0.3) is 0 Å². The molecular weight excluding hydrogens is 480 g/mol. The van der Waals surface area contributed by atoms with Gasteiger partial charge in [0, 0.05) is 23.2 Å². The maximum absolute atomic E-state index is 13.2. The summed E-state index contributed by atoms with van der Waals surface area (Å²) in [6.45, 7) is 11.3. The van der Waals surface area contributed by atoms with Crippen LogP contribution in [-0.4, -0.2) is 55.4 Å². The Morgan fingerprint density at radius 2 is 1.62 bits per heavy atom. The normalized spacial score (nSPS) is 12.0. The molecule has 0 saturated heterocycles. The first-order valence-electron chi connectivity index (χ1n) is 14.1. The molecule has 0 saturated carbocycles. The highest BCUT2D eigenvalue weighted by Gasteiger charge is 2.16. The number of benzene rings is 3. The van der Waals surface area contributed by atoms with E-state index in [1.165, 1.54) is 11.1 Å². The Kier molecular flexibility index (Phi) is 11.1. The number of nitrogens with zero attached hydrogens (tertiary/aromatic N) is 2. The van der Waals surface area contributed by atoms with Crippen LogP contribution in [0.25, 0.3) is 17.2 Å². The van der Waals surface area contributed by atoms with Crippen molar-refractivity contribution in [1.82, 2.24) is 9.80 Å². The zero-order valence-electron chi connectivity index (χ0n) is 25.0. The second-order valence-corrected chi connectivity index (χ2v) is 11.7. The van der Waals surface area contributed by atoms with Crippen molar-refractivity contribution in [3.63, 3.8) is 0 Å². The van der Waals surface area contributed by atoms with Crippen LogP contribution in [0.4, 0.5) is 0 Å². The SMILES string of the molecule is Cc1ccccc1-c1ccc(OCCCCCN(C)C(C)(C)C)c(C=CC(=O)c2ccccc2CN(C)C)c1. The summed E-state index contributed by atoms with van der Waals surface area (Å²) in [4.78, 5) is 17.7. The summed E-state index contributed by atoms with van der Waals surface area (Å²) in [5.41, 5.74) is 6.40. The van der Waals surface area contributed by atoms with E-state index in [4.69, 9.17) is 4.74 Å². The van der Waals surface area contributed by atoms with Crippen LogP contribution >= 0.6 is 0 Å². The number of allylic oxidation sites excluding steroid dienone is 1. The number of ketones is 1. The first-order valence-corrected chi connectivity index (χ1v) is 14.1. The number of hydrogen-bond acceptors (Lipinski definition) is 4. The number of carbonyl (C=O) groups is 1. The maximum atomic E-state index is 13.2. The largest absolute Gasteiger partial charge is 0.493 e. The van der Waals surface area contributed by atoms with Crippen LogP contribution in [0, 0.1) is 6.92 Å². The van der Waals surface area contributed by atoms with Gasteiger partial charge in [0.1, 0.15) is 5.75 Å². The number of rotatable bonds is 13. The molecule has 0 bridgehead atoms. The minimum absolute atomic E-state index is 0.00247. The van der Waals surface area contributed by atoms with E-state index in [1.54, 1.807) is 6.08 Å². The second-order valence-electron chi connectivity index (χ2n) is 11.7. The summed E-state index contributed by atoms with van der Waals surface area (Å²) in [7, 11) is 6.21. The highest BCUT2D eigenvalue weighted by molar-refractivity contribution is 6.08. The van der Waals surface area contributed by atoms with Gasteiger partial charge < -0.3 is 14.5 Å². The minimum Gasteiger partial charge on any atom is -0.493 e. The molecule has 0 aliphatic carbocycles. The Labute approximate surface area is 236 Å². The van der Waals surface area contributed by atoms with Gasteiger partial charge in [-0.05, 0) is 121 Å². The van der Waals surface area contributed by atoms with Crippen LogP contribution in [0.2, 0.25) is 0 Å². The Morgan fingerprint density at radius 1 is 0.897 bits per heavy atom. The van der Waals surface area contributed by atoms with Gasteiger partial charge in [-0.1, -0.05) is 54.6 Å². The summed E-state index contributed by atoms with van der Waals surface area (Å²) in [6.07, 6.45) is 6.85. The monoisotopic (exact) mass is 526 g/mol. The average Bonchev–Trinajstić information content (AvgIpc) is 2.89. The molecule has 0 atom stereocenters. The fourth-order valence-electron chi connectivity index (χ4n) is 4.51. The van der Waals surface area contributed by atoms with E-state index in [0.29, 0.717) is 6.61 Å². The van der Waals surface area contributed by atoms with E-state index in [-0.39, 0.29) is 11.3 Å². The molecule has 39 heavy (non-hydrogen) atoms. The van der Waals surface area contributed by atoms with E-state index in [0.717, 1.165) is 60.4 Å². The molecule has 0 fully saturated rings. The van der Waals surface area contributed by atoms with Gasteiger partial charge in [0.05, 0.1) is 6.61 Å². The van der Waals surface area contributed by atoms with Crippen molar-refractivity contribution in [2.24, 2.45) is 0 Å². The first kappa shape index (κ1) is 30.3. The Bertz CT molecular complexity index is 1250. The van der Waals surface area contributed by atoms with Gasteiger partial charge in [-0.15, -0.1) is 0 Å². The molecule has 3 aromatic rings. The fraction of sp³-hybridized carbons (Fsp3) is 0.400. The molecule has 0 spiro atoms. The number of ether oxygens (including phenoxy) is 1. The molecular formula is C35H46N2O2. The molecule has 208 valence electrons. The summed E-state index contributed by atoms with van der Waals surface area (Å²) in [5, 5.41) is 0. The quantitative estimate of drug-likeness (QED) is 0.129. The lowest BCUT2D eigenvalue weighted by Crippen LogP contribution is -2.38. The smallest absolute Gasteiger partial charge is 0.186 e. The van der Waals surface area contributed by atoms with E-state index in [9.17, 15) is 4.79 Å². The molecule has 0 aromatic heterocycles. The highest BCUT2D eigenvalue weighted by atomic mass is 16.5. The molecule has 4 nitrogen and oxygen atoms in total. The second kappa shape index (κ2) is 14.3. The van der Waals surface area contributed by atoms with Gasteiger partial charge in [-0.2, -0.15) is 0 Å². The van der Waals surface area contributed by atoms with Crippen molar-refractivity contribution in [1.29, 1.82) is 0 Å². The molecule has 0 unspecified atom stereocenters. The van der Waals surface area contributed by atoms with Gasteiger partial charge in [0.15, 0.2) is 5.78 Å². The van der Waals surface area contributed by atoms with Crippen LogP contribution < -0.4 is 4.74 Å². The fourth-order valence-corrected chi connectivity index (χ4v) is 4.51. The summed E-state index contributed by atoms with van der Waals surface area (Å²) < 4.78 is 6.26. The van der Waals surface area contributed by atoms with Crippen LogP contribution in [0.5, 0.6) is 5.75 Å². The van der Waals surface area contributed by atoms with Crippen molar-refractivity contribution in [3.8, 4) is 16.9 Å². The number of aryl methyl sites for hydroxylation is 1. The summed E-state index contributed by atoms with van der Waals surface area (Å²) in [6, 6.07) is 22.5. The zero-order chi connectivity index (χ0) is 28.4. The third kappa shape index (κ3) is 9.19. The number of carbonyl (C=O) groups excluding carboxylic acids is 1. The van der Waals surface area contributed by atoms with Crippen molar-refractivity contribution in [2.75, 3.05) is 34.3 Å². The lowest BCUT2D eigenvalue weighted by atomic mass is 9.97. The van der Waals surface area contributed by atoms with Gasteiger partial charge in [-0.3, -0.25) is 4.79 Å². The summed E-state index contributed by atoms with van der Waals surface area (Å²) in [5.74, 6) is 0.812. The molecule has 4 heteroatoms. The topological polar surface area (TPSA) is 32.8 Å². The van der Waals surface area contributed by atoms with Crippen LogP contribution in [0.1, 0.15) is 67.1 Å². The molecule has 0 aliphatic heterocycles. The van der Waals surface area contributed by atoms with Gasteiger partial charge in [-0.25, -0.2) is 0 Å². The van der Waals surface area contributed by atoms with Crippen LogP contribution in [0.15, 0.2) is 72.8 Å². The third-order valence-electron chi connectivity index (χ3n) is 7.19. The lowest BCUT2D eigenvalue weighted by molar-refractivity contribution is 0.104. The molecule has 3 rings (SSSR count). The van der Waals surface area contributed by atoms with Crippen molar-refractivity contribution in [3.05, 3.63) is 95.1 Å². The summed E-state index contributed by atoms with van der Waals surface area (Å²) >= 11 is 0. The van der Waals surface area contributed by atoms with E-state index in [2.05, 4.69) is 80.9 Å². The Morgan fingerprint density at radius 3 is 2.33 bits per heavy atom. The molecule has 0 heterocycles. The minimum atomic E-state index is 0.00247. The number of unbranched alkanes of at least 4 members (excludes halogenated alkanes) is 2. The first-order chi connectivity index (χ1) is 18.6. The van der Waals surface area contributed by atoms with Crippen LogP contribution in [-0.2, 0) is 6.54 Å². The molecule has 0 aliphatic rings. The Balaban J connectivity index is 1.77. The highest BCUT2D eigenvalue weighted by Crippen LogP contribution is 2.30. The lowest BCUT2D eigenvalue weighted by Gasteiger charge is -2.31. The van der Waals surface area contributed by atoms with E-state index >= 15 is 0 Å². The maximum Gasteiger partial charge on any atom is 0.186 e. The van der Waals surface area contributed by atoms with E-state index < -0.39 is 0 Å². The average molecular weight is 527 g/mol. The molecule has 0 amide bonds. The zero-order valence-corrected chi connectivity index (χ0v) is 25.0. The molecule has 0 radical (unpaired) electrons. The van der Waals surface area contributed by atoms with Crippen molar-refractivity contribution in [2.45, 2.75) is 59.0 Å². The van der Waals surface area contributed by atoms with Crippen molar-refractivity contribution >= 4 is 11.9 Å². The molecule has 0 N–H and O–H groups in total. The van der Waals surface area contributed by atoms with Gasteiger partial charge in [0.2, 0.25) is 0 Å². The predicted molar refractivity (Wildman–Crippen MR) is 166 cm³/mol. The third-order valence-corrected chi connectivity index (χ3v) is 7.19. The number of hydrogen-bond donors (Lipinski definition) is 0.